The van der Waals surface area contributed by atoms with Crippen LogP contribution in [0, 0.1) is 28.3 Å². The van der Waals surface area contributed by atoms with Crippen LogP contribution in [-0.2, 0) is 0 Å². The van der Waals surface area contributed by atoms with Crippen LogP contribution in [0.2, 0.25) is 0 Å². The molecule has 1 aromatic carbocycles. The number of rotatable bonds is 4. The van der Waals surface area contributed by atoms with Gasteiger partial charge in [0.2, 0.25) is 0 Å². The predicted octanol–water partition coefficient (Wildman–Crippen LogP) is 4.37. The monoisotopic (exact) mass is 345 g/mol. The maximum absolute atomic E-state index is 13.9. The Morgan fingerprint density at radius 3 is 2.75 bits per heavy atom. The van der Waals surface area contributed by atoms with Crippen LogP contribution in [0.4, 0.5) is 10.1 Å². The molecule has 0 heterocycles. The van der Waals surface area contributed by atoms with Crippen molar-refractivity contribution in [1.82, 2.24) is 0 Å². The first kappa shape index (κ1) is 15.2. The van der Waals surface area contributed by atoms with Gasteiger partial charge >= 0.3 is 0 Å². The van der Waals surface area contributed by atoms with Crippen molar-refractivity contribution < 1.29 is 14.1 Å². The highest BCUT2D eigenvalue weighted by Crippen LogP contribution is 2.50. The van der Waals surface area contributed by atoms with Crippen LogP contribution in [0.15, 0.2) is 12.1 Å². The van der Waals surface area contributed by atoms with Gasteiger partial charge in [0.15, 0.2) is 11.6 Å². The van der Waals surface area contributed by atoms with Crippen LogP contribution in [0.1, 0.15) is 32.3 Å². The summed E-state index contributed by atoms with van der Waals surface area (Å²) < 4.78 is 19.7. The molecule has 0 bridgehead atoms. The number of hydrogen-bond acceptors (Lipinski definition) is 3. The zero-order valence-electron chi connectivity index (χ0n) is 11.7. The minimum atomic E-state index is -0.682. The topological polar surface area (TPSA) is 52.4 Å². The molecule has 1 aromatic rings. The lowest BCUT2D eigenvalue weighted by Crippen LogP contribution is -2.54. The number of halogens is 2. The molecule has 4 nitrogen and oxygen atoms in total. The second-order valence-electron chi connectivity index (χ2n) is 5.50. The predicted molar refractivity (Wildman–Crippen MR) is 77.9 cm³/mol. The van der Waals surface area contributed by atoms with Gasteiger partial charge in [-0.2, -0.15) is 0 Å². The molecular formula is C14H17BrFNO3. The van der Waals surface area contributed by atoms with Crippen LogP contribution in [-0.4, -0.2) is 15.9 Å². The van der Waals surface area contributed by atoms with Gasteiger partial charge in [-0.05, 0) is 25.8 Å². The van der Waals surface area contributed by atoms with Crippen molar-refractivity contribution in [3.8, 4) is 5.75 Å². The van der Waals surface area contributed by atoms with Crippen molar-refractivity contribution >= 4 is 21.6 Å². The lowest BCUT2D eigenvalue weighted by Gasteiger charge is -2.50. The fourth-order valence-electron chi connectivity index (χ4n) is 2.48. The Morgan fingerprint density at radius 1 is 1.60 bits per heavy atom. The Morgan fingerprint density at radius 2 is 2.25 bits per heavy atom. The van der Waals surface area contributed by atoms with Gasteiger partial charge < -0.3 is 4.74 Å². The number of aryl methyl sites for hydroxylation is 1. The van der Waals surface area contributed by atoms with Crippen LogP contribution >= 0.6 is 15.9 Å². The summed E-state index contributed by atoms with van der Waals surface area (Å²) in [5, 5.41) is 10.8. The van der Waals surface area contributed by atoms with Crippen molar-refractivity contribution in [3.63, 3.8) is 0 Å². The van der Waals surface area contributed by atoms with Gasteiger partial charge in [0.25, 0.3) is 5.69 Å². The third-order valence-corrected chi connectivity index (χ3v) is 5.77. The standard InChI is InChI=1S/C14H17BrFNO3/c1-4-14(3)12(15)7-13(14)20-11-5-8(2)10(17(18)19)6-9(11)16/h5-6,12-13H,4,7H2,1-3H3. The molecule has 1 aliphatic rings. The molecule has 6 heteroatoms. The molecule has 0 amide bonds. The number of nitro benzene ring substituents is 1. The first-order valence-electron chi connectivity index (χ1n) is 6.54. The molecule has 0 aromatic heterocycles. The van der Waals surface area contributed by atoms with Gasteiger partial charge in [-0.3, -0.25) is 10.1 Å². The lowest BCUT2D eigenvalue weighted by molar-refractivity contribution is -0.385. The maximum atomic E-state index is 13.9. The Kier molecular flexibility index (Phi) is 4.04. The third kappa shape index (κ3) is 2.41. The number of nitrogens with zero attached hydrogens (tertiary/aromatic N) is 1. The zero-order valence-corrected chi connectivity index (χ0v) is 13.2. The van der Waals surface area contributed by atoms with E-state index in [1.165, 1.54) is 6.07 Å². The molecule has 1 aliphatic carbocycles. The SMILES string of the molecule is CCC1(C)C(Br)CC1Oc1cc(C)c([N+](=O)[O-])cc1F. The van der Waals surface area contributed by atoms with E-state index in [9.17, 15) is 14.5 Å². The average molecular weight is 346 g/mol. The zero-order chi connectivity index (χ0) is 15.1. The fraction of sp³-hybridized carbons (Fsp3) is 0.571. The average Bonchev–Trinajstić information content (AvgIpc) is 2.40. The number of alkyl halides is 1. The number of nitro groups is 1. The molecule has 3 atom stereocenters. The van der Waals surface area contributed by atoms with E-state index < -0.39 is 10.7 Å². The number of benzene rings is 1. The van der Waals surface area contributed by atoms with Gasteiger partial charge in [0.1, 0.15) is 6.10 Å². The Labute approximate surface area is 125 Å². The van der Waals surface area contributed by atoms with Crippen LogP contribution in [0.3, 0.4) is 0 Å². The van der Waals surface area contributed by atoms with Crippen LogP contribution in [0.25, 0.3) is 0 Å². The van der Waals surface area contributed by atoms with Crippen molar-refractivity contribution in [3.05, 3.63) is 33.6 Å². The molecule has 0 radical (unpaired) electrons. The Balaban J connectivity index is 2.23. The van der Waals surface area contributed by atoms with Gasteiger partial charge in [0.05, 0.1) is 11.0 Å². The molecule has 1 saturated carbocycles. The molecule has 20 heavy (non-hydrogen) atoms. The van der Waals surface area contributed by atoms with E-state index in [1.807, 2.05) is 0 Å². The van der Waals surface area contributed by atoms with Crippen LogP contribution in [0.5, 0.6) is 5.75 Å². The van der Waals surface area contributed by atoms with E-state index in [-0.39, 0.29) is 23.0 Å². The Hall–Kier alpha value is -1.17. The van der Waals surface area contributed by atoms with E-state index >= 15 is 0 Å². The lowest BCUT2D eigenvalue weighted by atomic mass is 9.65. The van der Waals surface area contributed by atoms with Crippen molar-refractivity contribution in [2.24, 2.45) is 5.41 Å². The highest BCUT2D eigenvalue weighted by Gasteiger charge is 2.51. The summed E-state index contributed by atoms with van der Waals surface area (Å²) in [6.07, 6.45) is 1.65. The Bertz CT molecular complexity index is 551. The summed E-state index contributed by atoms with van der Waals surface area (Å²) in [4.78, 5) is 10.5. The minimum Gasteiger partial charge on any atom is -0.487 e. The normalized spacial score (nSPS) is 28.9. The van der Waals surface area contributed by atoms with Gasteiger partial charge in [0, 0.05) is 15.8 Å². The van der Waals surface area contributed by atoms with Gasteiger partial charge in [-0.25, -0.2) is 4.39 Å². The summed E-state index contributed by atoms with van der Waals surface area (Å²) in [6.45, 7) is 5.75. The van der Waals surface area contributed by atoms with E-state index in [0.29, 0.717) is 10.4 Å². The quantitative estimate of drug-likeness (QED) is 0.462. The van der Waals surface area contributed by atoms with Crippen LogP contribution < -0.4 is 4.74 Å². The first-order chi connectivity index (χ1) is 9.29. The number of ether oxygens (including phenoxy) is 1. The van der Waals surface area contributed by atoms with Crippen molar-refractivity contribution in [1.29, 1.82) is 0 Å². The molecule has 2 rings (SSSR count). The molecular weight excluding hydrogens is 329 g/mol. The molecule has 3 unspecified atom stereocenters. The van der Waals surface area contributed by atoms with E-state index in [1.54, 1.807) is 6.92 Å². The summed E-state index contributed by atoms with van der Waals surface area (Å²) in [5.41, 5.74) is 0.140. The minimum absolute atomic E-state index is 0.0396. The maximum Gasteiger partial charge on any atom is 0.275 e. The molecule has 0 N–H and O–H groups in total. The fourth-order valence-corrected chi connectivity index (χ4v) is 3.44. The summed E-state index contributed by atoms with van der Waals surface area (Å²) in [7, 11) is 0. The molecule has 110 valence electrons. The van der Waals surface area contributed by atoms with E-state index in [0.717, 1.165) is 18.9 Å². The third-order valence-electron chi connectivity index (χ3n) is 4.35. The molecule has 0 saturated heterocycles. The largest absolute Gasteiger partial charge is 0.487 e. The number of hydrogen-bond donors (Lipinski definition) is 0. The van der Waals surface area contributed by atoms with E-state index in [2.05, 4.69) is 29.8 Å². The van der Waals surface area contributed by atoms with Gasteiger partial charge in [-0.1, -0.05) is 29.8 Å². The smallest absolute Gasteiger partial charge is 0.275 e. The highest BCUT2D eigenvalue weighted by atomic mass is 79.9. The van der Waals surface area contributed by atoms with Crippen molar-refractivity contribution in [2.45, 2.75) is 44.5 Å². The second-order valence-corrected chi connectivity index (χ2v) is 6.60. The van der Waals surface area contributed by atoms with E-state index in [4.69, 9.17) is 4.74 Å². The molecule has 1 fully saturated rings. The van der Waals surface area contributed by atoms with Crippen molar-refractivity contribution in [2.75, 3.05) is 0 Å². The van der Waals surface area contributed by atoms with Gasteiger partial charge in [-0.15, -0.1) is 0 Å². The second kappa shape index (κ2) is 5.31. The highest BCUT2D eigenvalue weighted by molar-refractivity contribution is 9.09. The summed E-state index contributed by atoms with van der Waals surface area (Å²) in [5.74, 6) is -0.587. The summed E-state index contributed by atoms with van der Waals surface area (Å²) in [6, 6.07) is 2.34. The summed E-state index contributed by atoms with van der Waals surface area (Å²) >= 11 is 3.60. The first-order valence-corrected chi connectivity index (χ1v) is 7.46. The molecule has 0 aliphatic heterocycles. The molecule has 0 spiro atoms.